The van der Waals surface area contributed by atoms with Gasteiger partial charge >= 0.3 is 0 Å². The molecule has 1 aromatic carbocycles. The first-order valence-electron chi connectivity index (χ1n) is 6.61. The van der Waals surface area contributed by atoms with Crippen LogP contribution in [0.1, 0.15) is 43.4 Å². The van der Waals surface area contributed by atoms with Crippen molar-refractivity contribution in [3.63, 3.8) is 0 Å². The highest BCUT2D eigenvalue weighted by Gasteiger charge is 2.13. The van der Waals surface area contributed by atoms with Gasteiger partial charge in [0.05, 0.1) is 0 Å². The van der Waals surface area contributed by atoms with Crippen molar-refractivity contribution in [3.8, 4) is 0 Å². The van der Waals surface area contributed by atoms with E-state index in [-0.39, 0.29) is 0 Å². The molecular formula is C15H23N. The summed E-state index contributed by atoms with van der Waals surface area (Å²) < 4.78 is 0. The lowest BCUT2D eigenvalue weighted by atomic mass is 9.89. The van der Waals surface area contributed by atoms with Crippen molar-refractivity contribution < 1.29 is 0 Å². The van der Waals surface area contributed by atoms with Crippen LogP contribution in [0.4, 0.5) is 0 Å². The van der Waals surface area contributed by atoms with Crippen molar-refractivity contribution in [2.75, 3.05) is 6.54 Å². The maximum absolute atomic E-state index is 3.49. The normalized spacial score (nSPS) is 16.9. The fourth-order valence-electron chi connectivity index (χ4n) is 2.75. The van der Waals surface area contributed by atoms with Crippen LogP contribution >= 0.6 is 0 Å². The van der Waals surface area contributed by atoms with Crippen LogP contribution in [-0.4, -0.2) is 6.54 Å². The molecule has 1 aliphatic rings. The second-order valence-electron chi connectivity index (χ2n) is 5.08. The Morgan fingerprint density at radius 3 is 3.06 bits per heavy atom. The van der Waals surface area contributed by atoms with Crippen LogP contribution in [0.3, 0.4) is 0 Å². The SMILES string of the molecule is CCCC(C)Cc1cccc2c1CNCC2. The molecule has 1 aliphatic heterocycles. The quantitative estimate of drug-likeness (QED) is 0.816. The topological polar surface area (TPSA) is 12.0 Å². The Bertz CT molecular complexity index is 343. The predicted molar refractivity (Wildman–Crippen MR) is 69.6 cm³/mol. The minimum absolute atomic E-state index is 0.818. The zero-order valence-corrected chi connectivity index (χ0v) is 10.6. The van der Waals surface area contributed by atoms with Crippen LogP contribution < -0.4 is 5.32 Å². The number of benzene rings is 1. The van der Waals surface area contributed by atoms with E-state index in [0.29, 0.717) is 0 Å². The Labute approximate surface area is 99.3 Å². The van der Waals surface area contributed by atoms with Crippen LogP contribution in [0, 0.1) is 5.92 Å². The van der Waals surface area contributed by atoms with Gasteiger partial charge in [-0.25, -0.2) is 0 Å². The highest BCUT2D eigenvalue weighted by molar-refractivity contribution is 5.37. The third-order valence-electron chi connectivity index (χ3n) is 3.59. The van der Waals surface area contributed by atoms with E-state index in [4.69, 9.17) is 0 Å². The van der Waals surface area contributed by atoms with Gasteiger partial charge in [-0.05, 0) is 42.0 Å². The summed E-state index contributed by atoms with van der Waals surface area (Å²) in [4.78, 5) is 0. The summed E-state index contributed by atoms with van der Waals surface area (Å²) in [6.45, 7) is 6.86. The Balaban J connectivity index is 2.14. The highest BCUT2D eigenvalue weighted by atomic mass is 14.9. The molecule has 1 heteroatoms. The maximum Gasteiger partial charge on any atom is 0.0211 e. The maximum atomic E-state index is 3.49. The second-order valence-corrected chi connectivity index (χ2v) is 5.08. The molecule has 1 aromatic rings. The molecule has 0 amide bonds. The van der Waals surface area contributed by atoms with Gasteiger partial charge < -0.3 is 5.32 Å². The second kappa shape index (κ2) is 5.49. The van der Waals surface area contributed by atoms with E-state index in [1.807, 2.05) is 0 Å². The van der Waals surface area contributed by atoms with Gasteiger partial charge in [0.25, 0.3) is 0 Å². The van der Waals surface area contributed by atoms with Gasteiger partial charge in [-0.3, -0.25) is 0 Å². The van der Waals surface area contributed by atoms with Gasteiger partial charge in [0.15, 0.2) is 0 Å². The largest absolute Gasteiger partial charge is 0.312 e. The molecule has 1 heterocycles. The molecular weight excluding hydrogens is 194 g/mol. The van der Waals surface area contributed by atoms with E-state index in [2.05, 4.69) is 37.4 Å². The average Bonchev–Trinajstić information content (AvgIpc) is 2.30. The minimum Gasteiger partial charge on any atom is -0.312 e. The Morgan fingerprint density at radius 1 is 1.38 bits per heavy atom. The van der Waals surface area contributed by atoms with Crippen LogP contribution in [-0.2, 0) is 19.4 Å². The summed E-state index contributed by atoms with van der Waals surface area (Å²) in [5.74, 6) is 0.818. The first-order valence-corrected chi connectivity index (χ1v) is 6.61. The van der Waals surface area contributed by atoms with Crippen molar-refractivity contribution in [1.29, 1.82) is 0 Å². The first-order chi connectivity index (χ1) is 7.81. The standard InChI is InChI=1S/C15H23N/c1-3-5-12(2)10-14-7-4-6-13-8-9-16-11-15(13)14/h4,6-7,12,16H,3,5,8-11H2,1-2H3. The molecule has 0 radical (unpaired) electrons. The highest BCUT2D eigenvalue weighted by Crippen LogP contribution is 2.22. The van der Waals surface area contributed by atoms with Crippen LogP contribution in [0.2, 0.25) is 0 Å². The summed E-state index contributed by atoms with van der Waals surface area (Å²) in [6, 6.07) is 6.85. The van der Waals surface area contributed by atoms with Crippen molar-refractivity contribution in [3.05, 3.63) is 34.9 Å². The van der Waals surface area contributed by atoms with E-state index in [9.17, 15) is 0 Å². The molecule has 0 aromatic heterocycles. The minimum atomic E-state index is 0.818. The van der Waals surface area contributed by atoms with Crippen LogP contribution in [0.5, 0.6) is 0 Å². The molecule has 88 valence electrons. The number of hydrogen-bond donors (Lipinski definition) is 1. The summed E-state index contributed by atoms with van der Waals surface area (Å²) >= 11 is 0. The lowest BCUT2D eigenvalue weighted by Crippen LogP contribution is -2.25. The molecule has 0 bridgehead atoms. The Kier molecular flexibility index (Phi) is 4.00. The molecule has 1 atom stereocenters. The van der Waals surface area contributed by atoms with E-state index < -0.39 is 0 Å². The molecule has 16 heavy (non-hydrogen) atoms. The summed E-state index contributed by atoms with van der Waals surface area (Å²) in [6.07, 6.45) is 5.09. The van der Waals surface area contributed by atoms with Crippen molar-refractivity contribution in [1.82, 2.24) is 5.32 Å². The van der Waals surface area contributed by atoms with Crippen LogP contribution in [0.15, 0.2) is 18.2 Å². The van der Waals surface area contributed by atoms with Gasteiger partial charge in [0.1, 0.15) is 0 Å². The van der Waals surface area contributed by atoms with Gasteiger partial charge in [-0.1, -0.05) is 44.9 Å². The summed E-state index contributed by atoms with van der Waals surface area (Å²) in [5, 5.41) is 3.49. The number of nitrogens with one attached hydrogen (secondary N) is 1. The summed E-state index contributed by atoms with van der Waals surface area (Å²) in [7, 11) is 0. The number of hydrogen-bond acceptors (Lipinski definition) is 1. The molecule has 1 unspecified atom stereocenters. The molecule has 0 spiro atoms. The fraction of sp³-hybridized carbons (Fsp3) is 0.600. The smallest absolute Gasteiger partial charge is 0.0211 e. The zero-order chi connectivity index (χ0) is 11.4. The average molecular weight is 217 g/mol. The Hall–Kier alpha value is -0.820. The Morgan fingerprint density at radius 2 is 2.25 bits per heavy atom. The van der Waals surface area contributed by atoms with Gasteiger partial charge in [-0.2, -0.15) is 0 Å². The van der Waals surface area contributed by atoms with Gasteiger partial charge in [0.2, 0.25) is 0 Å². The van der Waals surface area contributed by atoms with Gasteiger partial charge in [0, 0.05) is 6.54 Å². The number of fused-ring (bicyclic) bond motifs is 1. The molecule has 1 nitrogen and oxygen atoms in total. The lowest BCUT2D eigenvalue weighted by molar-refractivity contribution is 0.516. The summed E-state index contributed by atoms with van der Waals surface area (Å²) in [5.41, 5.74) is 4.72. The third kappa shape index (κ3) is 2.65. The predicted octanol–water partition coefficient (Wildman–Crippen LogP) is 3.31. The fourth-order valence-corrected chi connectivity index (χ4v) is 2.75. The van der Waals surface area contributed by atoms with E-state index in [1.165, 1.54) is 25.7 Å². The van der Waals surface area contributed by atoms with E-state index in [0.717, 1.165) is 19.0 Å². The lowest BCUT2D eigenvalue weighted by Gasteiger charge is -2.22. The first kappa shape index (κ1) is 11.7. The number of rotatable bonds is 4. The molecule has 0 fully saturated rings. The molecule has 0 saturated carbocycles. The van der Waals surface area contributed by atoms with E-state index in [1.54, 1.807) is 16.7 Å². The van der Waals surface area contributed by atoms with Crippen LogP contribution in [0.25, 0.3) is 0 Å². The molecule has 0 saturated heterocycles. The van der Waals surface area contributed by atoms with Crippen molar-refractivity contribution in [2.24, 2.45) is 5.92 Å². The van der Waals surface area contributed by atoms with Crippen molar-refractivity contribution >= 4 is 0 Å². The monoisotopic (exact) mass is 217 g/mol. The van der Waals surface area contributed by atoms with E-state index >= 15 is 0 Å². The third-order valence-corrected chi connectivity index (χ3v) is 3.59. The zero-order valence-electron chi connectivity index (χ0n) is 10.6. The van der Waals surface area contributed by atoms with Crippen molar-refractivity contribution in [2.45, 2.75) is 46.1 Å². The molecule has 0 aliphatic carbocycles. The molecule has 1 N–H and O–H groups in total. The molecule has 2 rings (SSSR count). The van der Waals surface area contributed by atoms with Gasteiger partial charge in [-0.15, -0.1) is 0 Å².